The SMILES string of the molecule is CCCCc1nc(-c2ccc(C(=O)NCC3CCCC[C@@H]3CC)cc2)no1. The molecule has 0 aliphatic heterocycles. The normalized spacial score (nSPS) is 19.8. The first-order valence-corrected chi connectivity index (χ1v) is 10.4. The van der Waals surface area contributed by atoms with Crippen molar-refractivity contribution < 1.29 is 9.32 Å². The Hall–Kier alpha value is -2.17. The van der Waals surface area contributed by atoms with Gasteiger partial charge < -0.3 is 9.84 Å². The van der Waals surface area contributed by atoms with Crippen LogP contribution >= 0.6 is 0 Å². The lowest BCUT2D eigenvalue weighted by molar-refractivity contribution is 0.0933. The minimum Gasteiger partial charge on any atom is -0.352 e. The summed E-state index contributed by atoms with van der Waals surface area (Å²) in [5, 5.41) is 7.17. The number of hydrogen-bond donors (Lipinski definition) is 1. The first kappa shape index (κ1) is 19.6. The molecular formula is C22H31N3O2. The molecule has 2 atom stereocenters. The van der Waals surface area contributed by atoms with Crippen LogP contribution in [0.2, 0.25) is 0 Å². The van der Waals surface area contributed by atoms with Crippen LogP contribution in [-0.2, 0) is 6.42 Å². The summed E-state index contributed by atoms with van der Waals surface area (Å²) in [6.45, 7) is 5.18. The minimum absolute atomic E-state index is 0.00118. The number of carbonyl (C=O) groups excluding carboxylic acids is 1. The summed E-state index contributed by atoms with van der Waals surface area (Å²) >= 11 is 0. The topological polar surface area (TPSA) is 68.0 Å². The molecule has 1 aromatic carbocycles. The largest absolute Gasteiger partial charge is 0.352 e. The number of hydrogen-bond acceptors (Lipinski definition) is 4. The molecule has 0 saturated heterocycles. The Morgan fingerprint density at radius 3 is 2.59 bits per heavy atom. The number of benzene rings is 1. The molecule has 1 aliphatic rings. The van der Waals surface area contributed by atoms with Gasteiger partial charge in [0.2, 0.25) is 11.7 Å². The standard InChI is InChI=1S/C22H31N3O2/c1-3-5-10-20-24-21(25-27-20)17-11-13-18(14-12-17)22(26)23-15-19-9-7-6-8-16(19)4-2/h11-14,16,19H,3-10,15H2,1-2H3,(H,23,26)/t16-,19?/m0/s1. The highest BCUT2D eigenvalue weighted by molar-refractivity contribution is 5.94. The van der Waals surface area contributed by atoms with Crippen LogP contribution in [0, 0.1) is 11.8 Å². The van der Waals surface area contributed by atoms with Gasteiger partial charge in [0.25, 0.3) is 5.91 Å². The Kier molecular flexibility index (Phi) is 7.02. The van der Waals surface area contributed by atoms with E-state index >= 15 is 0 Å². The highest BCUT2D eigenvalue weighted by Crippen LogP contribution is 2.31. The number of rotatable bonds is 8. The Balaban J connectivity index is 1.56. The molecular weight excluding hydrogens is 338 g/mol. The van der Waals surface area contributed by atoms with E-state index in [2.05, 4.69) is 29.3 Å². The van der Waals surface area contributed by atoms with Gasteiger partial charge in [-0.2, -0.15) is 4.98 Å². The summed E-state index contributed by atoms with van der Waals surface area (Å²) in [4.78, 5) is 16.9. The number of carbonyl (C=O) groups is 1. The van der Waals surface area contributed by atoms with Crippen molar-refractivity contribution in [3.63, 3.8) is 0 Å². The Morgan fingerprint density at radius 1 is 1.15 bits per heavy atom. The number of unbranched alkanes of at least 4 members (excludes halogenated alkanes) is 1. The Labute approximate surface area is 161 Å². The smallest absolute Gasteiger partial charge is 0.251 e. The van der Waals surface area contributed by atoms with Crippen LogP contribution in [-0.4, -0.2) is 22.6 Å². The van der Waals surface area contributed by atoms with E-state index in [0.29, 0.717) is 23.2 Å². The van der Waals surface area contributed by atoms with Crippen LogP contribution in [0.4, 0.5) is 0 Å². The van der Waals surface area contributed by atoms with E-state index in [1.54, 1.807) is 0 Å². The summed E-state index contributed by atoms with van der Waals surface area (Å²) < 4.78 is 5.28. The maximum Gasteiger partial charge on any atom is 0.251 e. The fraction of sp³-hybridized carbons (Fsp3) is 0.591. The van der Waals surface area contributed by atoms with Gasteiger partial charge in [0.15, 0.2) is 0 Å². The molecule has 1 fully saturated rings. The van der Waals surface area contributed by atoms with Crippen LogP contribution in [0.5, 0.6) is 0 Å². The van der Waals surface area contributed by atoms with Gasteiger partial charge in [0, 0.05) is 24.1 Å². The number of nitrogens with one attached hydrogen (secondary N) is 1. The van der Waals surface area contributed by atoms with Gasteiger partial charge in [-0.25, -0.2) is 0 Å². The van der Waals surface area contributed by atoms with Crippen molar-refractivity contribution in [2.24, 2.45) is 11.8 Å². The summed E-state index contributed by atoms with van der Waals surface area (Å²) in [6.07, 6.45) is 9.32. The number of nitrogens with zero attached hydrogens (tertiary/aromatic N) is 2. The summed E-state index contributed by atoms with van der Waals surface area (Å²) in [7, 11) is 0. The van der Waals surface area contributed by atoms with Crippen LogP contribution in [0.3, 0.4) is 0 Å². The molecule has 0 bridgehead atoms. The zero-order valence-corrected chi connectivity index (χ0v) is 16.5. The van der Waals surface area contributed by atoms with Gasteiger partial charge in [-0.1, -0.05) is 63.2 Å². The summed E-state index contributed by atoms with van der Waals surface area (Å²) in [5.74, 6) is 2.63. The highest BCUT2D eigenvalue weighted by atomic mass is 16.5. The lowest BCUT2D eigenvalue weighted by Gasteiger charge is -2.30. The fourth-order valence-electron chi connectivity index (χ4n) is 3.99. The molecule has 5 nitrogen and oxygen atoms in total. The van der Waals surface area contributed by atoms with E-state index in [0.717, 1.165) is 37.3 Å². The fourth-order valence-corrected chi connectivity index (χ4v) is 3.99. The summed E-state index contributed by atoms with van der Waals surface area (Å²) in [5.41, 5.74) is 1.55. The second-order valence-corrected chi connectivity index (χ2v) is 7.62. The zero-order valence-electron chi connectivity index (χ0n) is 16.5. The summed E-state index contributed by atoms with van der Waals surface area (Å²) in [6, 6.07) is 7.45. The van der Waals surface area contributed by atoms with E-state index < -0.39 is 0 Å². The Bertz CT molecular complexity index is 723. The van der Waals surface area contributed by atoms with Gasteiger partial charge in [0.05, 0.1) is 0 Å². The van der Waals surface area contributed by atoms with E-state index in [9.17, 15) is 4.79 Å². The van der Waals surface area contributed by atoms with E-state index in [1.165, 1.54) is 32.1 Å². The first-order valence-electron chi connectivity index (χ1n) is 10.4. The maximum absolute atomic E-state index is 12.5. The van der Waals surface area contributed by atoms with E-state index in [4.69, 9.17) is 4.52 Å². The van der Waals surface area contributed by atoms with Gasteiger partial charge >= 0.3 is 0 Å². The predicted octanol–water partition coefficient (Wildman–Crippen LogP) is 5.03. The Morgan fingerprint density at radius 2 is 1.89 bits per heavy atom. The molecule has 27 heavy (non-hydrogen) atoms. The van der Waals surface area contributed by atoms with E-state index in [-0.39, 0.29) is 5.91 Å². The van der Waals surface area contributed by atoms with Crippen molar-refractivity contribution in [3.05, 3.63) is 35.7 Å². The lowest BCUT2D eigenvalue weighted by atomic mass is 9.78. The van der Waals surface area contributed by atoms with Gasteiger partial charge in [-0.05, 0) is 36.8 Å². The van der Waals surface area contributed by atoms with Crippen LogP contribution in [0.15, 0.2) is 28.8 Å². The zero-order chi connectivity index (χ0) is 19.1. The minimum atomic E-state index is -0.00118. The number of amides is 1. The maximum atomic E-state index is 12.5. The quantitative estimate of drug-likeness (QED) is 0.709. The third kappa shape index (κ3) is 5.18. The van der Waals surface area contributed by atoms with Crippen molar-refractivity contribution in [3.8, 4) is 11.4 Å². The van der Waals surface area contributed by atoms with Crippen molar-refractivity contribution in [2.75, 3.05) is 6.54 Å². The second kappa shape index (κ2) is 9.67. The highest BCUT2D eigenvalue weighted by Gasteiger charge is 2.24. The van der Waals surface area contributed by atoms with Crippen LogP contribution in [0.25, 0.3) is 11.4 Å². The molecule has 1 saturated carbocycles. The molecule has 1 aliphatic carbocycles. The molecule has 146 valence electrons. The molecule has 0 radical (unpaired) electrons. The van der Waals surface area contributed by atoms with Gasteiger partial charge in [-0.3, -0.25) is 4.79 Å². The van der Waals surface area contributed by atoms with Crippen molar-refractivity contribution in [1.82, 2.24) is 15.5 Å². The van der Waals surface area contributed by atoms with Crippen LogP contribution in [0.1, 0.15) is 75.0 Å². The molecule has 1 N–H and O–H groups in total. The number of aromatic nitrogens is 2. The number of aryl methyl sites for hydroxylation is 1. The first-order chi connectivity index (χ1) is 13.2. The second-order valence-electron chi connectivity index (χ2n) is 7.62. The van der Waals surface area contributed by atoms with Crippen molar-refractivity contribution in [2.45, 2.75) is 65.2 Å². The molecule has 0 spiro atoms. The predicted molar refractivity (Wildman–Crippen MR) is 106 cm³/mol. The average Bonchev–Trinajstić information content (AvgIpc) is 3.19. The van der Waals surface area contributed by atoms with Crippen molar-refractivity contribution >= 4 is 5.91 Å². The molecule has 1 unspecified atom stereocenters. The molecule has 1 heterocycles. The average molecular weight is 370 g/mol. The van der Waals surface area contributed by atoms with Crippen LogP contribution < -0.4 is 5.32 Å². The van der Waals surface area contributed by atoms with Gasteiger partial charge in [-0.15, -0.1) is 0 Å². The molecule has 1 aromatic heterocycles. The van der Waals surface area contributed by atoms with Gasteiger partial charge in [0.1, 0.15) is 0 Å². The lowest BCUT2D eigenvalue weighted by Crippen LogP contribution is -2.34. The third-order valence-electron chi connectivity index (χ3n) is 5.73. The third-order valence-corrected chi connectivity index (χ3v) is 5.73. The van der Waals surface area contributed by atoms with E-state index in [1.807, 2.05) is 24.3 Å². The molecule has 5 heteroatoms. The molecule has 1 amide bonds. The van der Waals surface area contributed by atoms with Crippen molar-refractivity contribution in [1.29, 1.82) is 0 Å². The molecule has 3 rings (SSSR count). The monoisotopic (exact) mass is 369 g/mol. The molecule has 2 aromatic rings.